The van der Waals surface area contributed by atoms with Gasteiger partial charge in [0.1, 0.15) is 6.61 Å². The third-order valence-electron chi connectivity index (χ3n) is 4.05. The van der Waals surface area contributed by atoms with Crippen LogP contribution in [0.3, 0.4) is 0 Å². The zero-order valence-corrected chi connectivity index (χ0v) is 17.2. The fourth-order valence-corrected chi connectivity index (χ4v) is 3.89. The number of halogens is 1. The Morgan fingerprint density at radius 3 is 2.82 bits per heavy atom. The highest BCUT2D eigenvalue weighted by Crippen LogP contribution is 2.34. The molecule has 1 fully saturated rings. The number of aryl methyl sites for hydroxylation is 1. The van der Waals surface area contributed by atoms with Gasteiger partial charge in [0.05, 0.1) is 12.0 Å². The highest BCUT2D eigenvalue weighted by atomic mass is 35.5. The molecular weight excluding hydrogens is 396 g/mol. The fourth-order valence-electron chi connectivity index (χ4n) is 2.69. The van der Waals surface area contributed by atoms with E-state index in [4.69, 9.17) is 21.1 Å². The number of benzene rings is 2. The fraction of sp³-hybridized carbons (Fsp3) is 0.190. The van der Waals surface area contributed by atoms with Crippen LogP contribution in [0.15, 0.2) is 54.0 Å². The highest BCUT2D eigenvalue weighted by Gasteiger charge is 2.27. The van der Waals surface area contributed by atoms with E-state index >= 15 is 0 Å². The second kappa shape index (κ2) is 9.08. The molecule has 1 atom stereocenters. The van der Waals surface area contributed by atoms with Gasteiger partial charge in [0.15, 0.2) is 17.0 Å². The first kappa shape index (κ1) is 20.2. The maximum absolute atomic E-state index is 12.4. The molecule has 2 aromatic carbocycles. The number of amides is 1. The van der Waals surface area contributed by atoms with Crippen LogP contribution in [0.4, 0.5) is 5.69 Å². The number of rotatable bonds is 7. The van der Waals surface area contributed by atoms with E-state index < -0.39 is 0 Å². The molecule has 0 aromatic heterocycles. The number of thioether (sulfide) groups is 1. The lowest BCUT2D eigenvalue weighted by Gasteiger charge is -2.15. The number of hydrogen-bond donors (Lipinski definition) is 2. The highest BCUT2D eigenvalue weighted by molar-refractivity contribution is 8.05. The summed E-state index contributed by atoms with van der Waals surface area (Å²) >= 11 is 7.42. The van der Waals surface area contributed by atoms with Gasteiger partial charge in [0.25, 0.3) is 5.91 Å². The van der Waals surface area contributed by atoms with E-state index in [1.54, 1.807) is 13.2 Å². The topological polar surface area (TPSA) is 59.6 Å². The van der Waals surface area contributed by atoms with Crippen molar-refractivity contribution in [1.82, 2.24) is 5.32 Å². The summed E-state index contributed by atoms with van der Waals surface area (Å²) < 4.78 is 10.9. The molecule has 0 radical (unpaired) electrons. The summed E-state index contributed by atoms with van der Waals surface area (Å²) in [5, 5.41) is 6.92. The summed E-state index contributed by atoms with van der Waals surface area (Å²) in [6.07, 6.45) is 3.50. The van der Waals surface area contributed by atoms with Crippen molar-refractivity contribution < 1.29 is 14.3 Å². The van der Waals surface area contributed by atoms with Crippen molar-refractivity contribution in [3.63, 3.8) is 0 Å². The molecule has 0 bridgehead atoms. The maximum atomic E-state index is 12.4. The van der Waals surface area contributed by atoms with Crippen LogP contribution in [0, 0.1) is 6.92 Å². The lowest BCUT2D eigenvalue weighted by molar-refractivity contribution is -0.116. The van der Waals surface area contributed by atoms with Gasteiger partial charge in [-0.15, -0.1) is 0 Å². The molecule has 3 rings (SSSR count). The second-order valence-corrected chi connectivity index (χ2v) is 7.68. The Morgan fingerprint density at radius 1 is 1.29 bits per heavy atom. The average molecular weight is 417 g/mol. The third kappa shape index (κ3) is 4.82. The van der Waals surface area contributed by atoms with E-state index in [1.807, 2.05) is 49.4 Å². The van der Waals surface area contributed by atoms with E-state index in [0.29, 0.717) is 28.0 Å². The maximum Gasteiger partial charge on any atom is 0.260 e. The van der Waals surface area contributed by atoms with Crippen LogP contribution in [0.5, 0.6) is 11.5 Å². The Hall–Kier alpha value is -2.57. The van der Waals surface area contributed by atoms with Crippen LogP contribution in [0.1, 0.15) is 11.1 Å². The van der Waals surface area contributed by atoms with Crippen molar-refractivity contribution in [2.45, 2.75) is 12.4 Å². The minimum Gasteiger partial charge on any atom is -0.493 e. The Balaban J connectivity index is 1.74. The molecule has 1 aliphatic rings. The molecule has 7 heteroatoms. The molecule has 1 aliphatic heterocycles. The molecule has 0 spiro atoms. The second-order valence-electron chi connectivity index (χ2n) is 6.09. The molecule has 2 aromatic rings. The van der Waals surface area contributed by atoms with Crippen molar-refractivity contribution in [1.29, 1.82) is 0 Å². The summed E-state index contributed by atoms with van der Waals surface area (Å²) in [5.74, 6) is 1.11. The molecule has 28 heavy (non-hydrogen) atoms. The zero-order chi connectivity index (χ0) is 20.1. The lowest BCUT2D eigenvalue weighted by Crippen LogP contribution is -2.31. The van der Waals surface area contributed by atoms with Crippen molar-refractivity contribution in [3.8, 4) is 11.5 Å². The van der Waals surface area contributed by atoms with Gasteiger partial charge >= 0.3 is 0 Å². The monoisotopic (exact) mass is 416 g/mol. The van der Waals surface area contributed by atoms with Gasteiger partial charge in [-0.3, -0.25) is 4.79 Å². The van der Waals surface area contributed by atoms with Crippen molar-refractivity contribution in [3.05, 3.63) is 70.1 Å². The predicted molar refractivity (Wildman–Crippen MR) is 116 cm³/mol. The van der Waals surface area contributed by atoms with E-state index in [0.717, 1.165) is 16.8 Å². The summed E-state index contributed by atoms with van der Waals surface area (Å²) in [5.41, 5.74) is 2.54. The molecule has 1 heterocycles. The molecular formula is C21H21ClN2O3S. The molecule has 2 N–H and O–H groups in total. The summed E-state index contributed by atoms with van der Waals surface area (Å²) in [6.45, 7) is 6.00. The Labute approximate surface area is 173 Å². The first-order valence-corrected chi connectivity index (χ1v) is 9.89. The van der Waals surface area contributed by atoms with Crippen LogP contribution in [-0.2, 0) is 4.79 Å². The normalized spacial score (nSPS) is 17.3. The molecule has 0 saturated carbocycles. The predicted octanol–water partition coefficient (Wildman–Crippen LogP) is 4.82. The van der Waals surface area contributed by atoms with Crippen LogP contribution in [0.2, 0.25) is 5.02 Å². The van der Waals surface area contributed by atoms with Crippen LogP contribution >= 0.6 is 23.4 Å². The molecule has 146 valence electrons. The number of ether oxygens (including phenoxy) is 2. The van der Waals surface area contributed by atoms with Gasteiger partial charge in [0, 0.05) is 10.7 Å². The average Bonchev–Trinajstić information content (AvgIpc) is 3.01. The molecule has 1 unspecified atom stereocenters. The molecule has 0 aliphatic carbocycles. The van der Waals surface area contributed by atoms with Crippen LogP contribution < -0.4 is 20.1 Å². The van der Waals surface area contributed by atoms with Crippen LogP contribution in [0.25, 0.3) is 6.08 Å². The van der Waals surface area contributed by atoms with Gasteiger partial charge in [-0.05, 0) is 54.5 Å². The van der Waals surface area contributed by atoms with E-state index in [2.05, 4.69) is 17.2 Å². The van der Waals surface area contributed by atoms with Crippen molar-refractivity contribution in [2.75, 3.05) is 19.0 Å². The standard InChI is InChI=1S/C21H21ClN2O3S/c1-4-9-27-17-8-5-14(11-18(17)26-3)12-19-20(25)24-21(28-19)23-16-7-6-15(22)10-13(16)2/h4-8,10-12,21,23H,1,9H2,2-3H3,(H,24,25)/b19-12-. The SMILES string of the molecule is C=CCOc1ccc(/C=C2\SC(Nc3ccc(Cl)cc3C)NC2=O)cc1OC. The van der Waals surface area contributed by atoms with Gasteiger partial charge in [-0.2, -0.15) is 0 Å². The summed E-state index contributed by atoms with van der Waals surface area (Å²) in [7, 11) is 1.58. The van der Waals surface area contributed by atoms with E-state index in [1.165, 1.54) is 11.8 Å². The van der Waals surface area contributed by atoms with E-state index in [9.17, 15) is 4.79 Å². The van der Waals surface area contributed by atoms with Gasteiger partial charge < -0.3 is 20.1 Å². The molecule has 5 nitrogen and oxygen atoms in total. The van der Waals surface area contributed by atoms with Gasteiger partial charge in [-0.1, -0.05) is 42.1 Å². The number of anilines is 1. The first-order chi connectivity index (χ1) is 13.5. The third-order valence-corrected chi connectivity index (χ3v) is 5.31. The lowest BCUT2D eigenvalue weighted by atomic mass is 10.2. The van der Waals surface area contributed by atoms with Crippen molar-refractivity contribution >= 4 is 41.0 Å². The van der Waals surface area contributed by atoms with Crippen molar-refractivity contribution in [2.24, 2.45) is 0 Å². The Bertz CT molecular complexity index is 930. The van der Waals surface area contributed by atoms with Gasteiger partial charge in [0.2, 0.25) is 0 Å². The number of methoxy groups -OCH3 is 1. The summed E-state index contributed by atoms with van der Waals surface area (Å²) in [4.78, 5) is 13.0. The Kier molecular flexibility index (Phi) is 6.54. The minimum absolute atomic E-state index is 0.125. The summed E-state index contributed by atoms with van der Waals surface area (Å²) in [6, 6.07) is 11.1. The smallest absolute Gasteiger partial charge is 0.260 e. The Morgan fingerprint density at radius 2 is 2.11 bits per heavy atom. The quantitative estimate of drug-likeness (QED) is 0.500. The van der Waals surface area contributed by atoms with Gasteiger partial charge in [-0.25, -0.2) is 0 Å². The molecule has 1 saturated heterocycles. The first-order valence-electron chi connectivity index (χ1n) is 8.64. The number of carbonyl (C=O) groups is 1. The van der Waals surface area contributed by atoms with E-state index in [-0.39, 0.29) is 11.4 Å². The zero-order valence-electron chi connectivity index (χ0n) is 15.6. The van der Waals surface area contributed by atoms with Crippen LogP contribution in [-0.4, -0.2) is 25.1 Å². The number of hydrogen-bond acceptors (Lipinski definition) is 5. The number of carbonyl (C=O) groups excluding carboxylic acids is 1. The molecule has 1 amide bonds. The number of nitrogens with one attached hydrogen (secondary N) is 2. The minimum atomic E-state index is -0.254. The largest absolute Gasteiger partial charge is 0.493 e.